The molecule has 0 fully saturated rings. The second kappa shape index (κ2) is 4.71. The maximum Gasteiger partial charge on any atom is 0.347 e. The van der Waals surface area contributed by atoms with Crippen LogP contribution in [0.2, 0.25) is 0 Å². The molecule has 3 rings (SSSR count). The summed E-state index contributed by atoms with van der Waals surface area (Å²) in [4.78, 5) is 20.2. The van der Waals surface area contributed by atoms with Gasteiger partial charge in [-0.1, -0.05) is 6.92 Å². The van der Waals surface area contributed by atoms with E-state index in [0.29, 0.717) is 17.0 Å². The maximum atomic E-state index is 11.2. The lowest BCUT2D eigenvalue weighted by atomic mass is 10.2. The number of rotatable bonds is 3. The average Bonchev–Trinajstić information content (AvgIpc) is 3.04. The highest BCUT2D eigenvalue weighted by Gasteiger charge is 2.17. The van der Waals surface area contributed by atoms with Crippen LogP contribution >= 0.6 is 22.7 Å². The number of aromatic carboxylic acids is 1. The zero-order valence-corrected chi connectivity index (χ0v) is 11.7. The first-order valence-electron chi connectivity index (χ1n) is 5.75. The molecule has 0 radical (unpaired) electrons. The van der Waals surface area contributed by atoms with Crippen molar-refractivity contribution in [3.63, 3.8) is 0 Å². The molecule has 0 aliphatic carbocycles. The van der Waals surface area contributed by atoms with Gasteiger partial charge in [0.1, 0.15) is 9.88 Å². The molecule has 6 heteroatoms. The largest absolute Gasteiger partial charge is 0.477 e. The van der Waals surface area contributed by atoms with Crippen molar-refractivity contribution in [2.45, 2.75) is 13.3 Å². The molecule has 0 amide bonds. The number of hydrogen-bond donors (Lipinski definition) is 1. The monoisotopic (exact) mass is 290 g/mol. The van der Waals surface area contributed by atoms with Gasteiger partial charge in [-0.25, -0.2) is 9.78 Å². The van der Waals surface area contributed by atoms with Crippen molar-refractivity contribution < 1.29 is 9.90 Å². The van der Waals surface area contributed by atoms with Crippen molar-refractivity contribution in [3.8, 4) is 10.6 Å². The summed E-state index contributed by atoms with van der Waals surface area (Å²) in [6, 6.07) is 3.97. The maximum absolute atomic E-state index is 11.2. The third-order valence-corrected chi connectivity index (χ3v) is 4.76. The Morgan fingerprint density at radius 3 is 3.00 bits per heavy atom. The number of thiophene rings is 1. The SMILES string of the molecule is CCc1nc(-c2cnc3ccsc3c2)sc1C(=O)O. The van der Waals surface area contributed by atoms with Crippen LogP contribution in [0.3, 0.4) is 0 Å². The smallest absolute Gasteiger partial charge is 0.347 e. The van der Waals surface area contributed by atoms with Gasteiger partial charge in [0.05, 0.1) is 15.9 Å². The fourth-order valence-electron chi connectivity index (χ4n) is 1.85. The topological polar surface area (TPSA) is 63.1 Å². The van der Waals surface area contributed by atoms with Crippen LogP contribution in [-0.2, 0) is 6.42 Å². The van der Waals surface area contributed by atoms with Crippen LogP contribution in [-0.4, -0.2) is 21.0 Å². The van der Waals surface area contributed by atoms with Crippen molar-refractivity contribution in [1.82, 2.24) is 9.97 Å². The number of nitrogens with zero attached hydrogens (tertiary/aromatic N) is 2. The van der Waals surface area contributed by atoms with Crippen LogP contribution in [0.5, 0.6) is 0 Å². The predicted molar refractivity (Wildman–Crippen MR) is 77.1 cm³/mol. The summed E-state index contributed by atoms with van der Waals surface area (Å²) < 4.78 is 1.09. The van der Waals surface area contributed by atoms with E-state index in [1.54, 1.807) is 17.5 Å². The Morgan fingerprint density at radius 1 is 1.47 bits per heavy atom. The van der Waals surface area contributed by atoms with Crippen molar-refractivity contribution in [1.29, 1.82) is 0 Å². The van der Waals surface area contributed by atoms with Gasteiger partial charge >= 0.3 is 5.97 Å². The Labute approximate surface area is 117 Å². The van der Waals surface area contributed by atoms with E-state index in [1.807, 2.05) is 24.4 Å². The predicted octanol–water partition coefficient (Wildman–Crippen LogP) is 3.68. The zero-order chi connectivity index (χ0) is 13.4. The van der Waals surface area contributed by atoms with Gasteiger partial charge in [0, 0.05) is 11.8 Å². The second-order valence-corrected chi connectivity index (χ2v) is 5.93. The minimum Gasteiger partial charge on any atom is -0.477 e. The summed E-state index contributed by atoms with van der Waals surface area (Å²) >= 11 is 2.83. The van der Waals surface area contributed by atoms with E-state index in [9.17, 15) is 4.79 Å². The van der Waals surface area contributed by atoms with E-state index in [4.69, 9.17) is 5.11 Å². The molecule has 3 aromatic heterocycles. The third-order valence-electron chi connectivity index (χ3n) is 2.78. The molecule has 0 bridgehead atoms. The highest BCUT2D eigenvalue weighted by molar-refractivity contribution is 7.17. The van der Waals surface area contributed by atoms with E-state index in [2.05, 4.69) is 9.97 Å². The number of carboxylic acid groups (broad SMARTS) is 1. The number of carbonyl (C=O) groups is 1. The molecule has 0 saturated heterocycles. The highest BCUT2D eigenvalue weighted by atomic mass is 32.1. The Bertz CT molecular complexity index is 761. The average molecular weight is 290 g/mol. The van der Waals surface area contributed by atoms with Crippen molar-refractivity contribution >= 4 is 38.9 Å². The fraction of sp³-hybridized carbons (Fsp3) is 0.154. The van der Waals surface area contributed by atoms with Gasteiger partial charge in [0.2, 0.25) is 0 Å². The molecule has 3 aromatic rings. The Balaban J connectivity index is 2.12. The Morgan fingerprint density at radius 2 is 2.32 bits per heavy atom. The Hall–Kier alpha value is -1.79. The van der Waals surface area contributed by atoms with Crippen molar-refractivity contribution in [3.05, 3.63) is 34.3 Å². The number of carboxylic acids is 1. The molecule has 4 nitrogen and oxygen atoms in total. The lowest BCUT2D eigenvalue weighted by molar-refractivity contribution is 0.0701. The lowest BCUT2D eigenvalue weighted by Gasteiger charge is -1.95. The van der Waals surface area contributed by atoms with Crippen molar-refractivity contribution in [2.24, 2.45) is 0 Å². The van der Waals surface area contributed by atoms with Crippen molar-refractivity contribution in [2.75, 3.05) is 0 Å². The fourth-order valence-corrected chi connectivity index (χ4v) is 3.60. The molecule has 0 atom stereocenters. The van der Waals surface area contributed by atoms with E-state index < -0.39 is 5.97 Å². The number of pyridine rings is 1. The van der Waals surface area contributed by atoms with Gasteiger partial charge < -0.3 is 5.11 Å². The van der Waals surface area contributed by atoms with Crippen LogP contribution < -0.4 is 0 Å². The number of fused-ring (bicyclic) bond motifs is 1. The minimum absolute atomic E-state index is 0.323. The van der Waals surface area contributed by atoms with Crippen LogP contribution in [0, 0.1) is 0 Å². The summed E-state index contributed by atoms with van der Waals surface area (Å²) in [6.45, 7) is 1.91. The molecule has 0 aliphatic heterocycles. The molecule has 0 aromatic carbocycles. The van der Waals surface area contributed by atoms with E-state index in [1.165, 1.54) is 11.3 Å². The summed E-state index contributed by atoms with van der Waals surface area (Å²) in [5.74, 6) is -0.911. The van der Waals surface area contributed by atoms with Crippen LogP contribution in [0.15, 0.2) is 23.7 Å². The lowest BCUT2D eigenvalue weighted by Crippen LogP contribution is -1.97. The first-order chi connectivity index (χ1) is 9.19. The van der Waals surface area contributed by atoms with E-state index in [0.717, 1.165) is 20.8 Å². The van der Waals surface area contributed by atoms with Crippen LogP contribution in [0.4, 0.5) is 0 Å². The summed E-state index contributed by atoms with van der Waals surface area (Å²) in [7, 11) is 0. The molecule has 96 valence electrons. The zero-order valence-electron chi connectivity index (χ0n) is 10.1. The van der Waals surface area contributed by atoms with Gasteiger partial charge in [0.25, 0.3) is 0 Å². The summed E-state index contributed by atoms with van der Waals surface area (Å²) in [5.41, 5.74) is 2.47. The second-order valence-electron chi connectivity index (χ2n) is 3.98. The summed E-state index contributed by atoms with van der Waals surface area (Å²) in [6.07, 6.45) is 2.37. The molecule has 0 spiro atoms. The Kier molecular flexibility index (Phi) is 3.04. The summed E-state index contributed by atoms with van der Waals surface area (Å²) in [5, 5.41) is 11.9. The first-order valence-corrected chi connectivity index (χ1v) is 7.45. The number of aromatic nitrogens is 2. The molecule has 0 aliphatic rings. The molecule has 3 heterocycles. The minimum atomic E-state index is -0.911. The molecule has 1 N–H and O–H groups in total. The molecule has 0 unspecified atom stereocenters. The number of hydrogen-bond acceptors (Lipinski definition) is 5. The molecular weight excluding hydrogens is 280 g/mol. The van der Waals surface area contributed by atoms with Crippen LogP contribution in [0.1, 0.15) is 22.3 Å². The van der Waals surface area contributed by atoms with E-state index in [-0.39, 0.29) is 0 Å². The standard InChI is InChI=1S/C13H10N2O2S2/c1-2-8-11(13(16)17)19-12(15-8)7-5-10-9(14-6-7)3-4-18-10/h3-6H,2H2,1H3,(H,16,17). The third kappa shape index (κ3) is 2.13. The normalized spacial score (nSPS) is 11.0. The number of thiazole rings is 1. The quantitative estimate of drug-likeness (QED) is 0.799. The van der Waals surface area contributed by atoms with E-state index >= 15 is 0 Å². The van der Waals surface area contributed by atoms with Gasteiger partial charge in [-0.3, -0.25) is 4.98 Å². The van der Waals surface area contributed by atoms with Gasteiger partial charge in [-0.05, 0) is 23.9 Å². The molecule has 0 saturated carbocycles. The van der Waals surface area contributed by atoms with Crippen LogP contribution in [0.25, 0.3) is 20.8 Å². The van der Waals surface area contributed by atoms with Gasteiger partial charge in [0.15, 0.2) is 0 Å². The molecular formula is C13H10N2O2S2. The van der Waals surface area contributed by atoms with Gasteiger partial charge in [-0.15, -0.1) is 22.7 Å². The highest BCUT2D eigenvalue weighted by Crippen LogP contribution is 2.31. The van der Waals surface area contributed by atoms with Gasteiger partial charge in [-0.2, -0.15) is 0 Å². The molecule has 19 heavy (non-hydrogen) atoms. The number of aryl methyl sites for hydroxylation is 1. The first kappa shape index (κ1) is 12.3.